The monoisotopic (exact) mass is 573 g/mol. The molecule has 10 nitrogen and oxygen atoms in total. The van der Waals surface area contributed by atoms with E-state index in [4.69, 9.17) is 9.47 Å². The molecule has 2 aromatic carbocycles. The van der Waals surface area contributed by atoms with Gasteiger partial charge in [0.05, 0.1) is 24.9 Å². The molecule has 5 rings (SSSR count). The second kappa shape index (κ2) is 11.2. The first-order valence-corrected chi connectivity index (χ1v) is 13.6. The highest BCUT2D eigenvalue weighted by Crippen LogP contribution is 2.35. The number of hydrogen-bond acceptors (Lipinski definition) is 7. The van der Waals surface area contributed by atoms with Crippen LogP contribution in [0.4, 0.5) is 4.39 Å². The summed E-state index contributed by atoms with van der Waals surface area (Å²) in [5, 5.41) is 10.0. The van der Waals surface area contributed by atoms with E-state index < -0.39 is 23.2 Å². The van der Waals surface area contributed by atoms with E-state index in [1.54, 1.807) is 18.2 Å². The maximum Gasteiger partial charge on any atom is 0.338 e. The lowest BCUT2D eigenvalue weighted by atomic mass is 9.97. The molecule has 2 aromatic heterocycles. The molecule has 0 radical (unpaired) electrons. The van der Waals surface area contributed by atoms with Crippen LogP contribution in [-0.2, 0) is 17.7 Å². The molecule has 0 saturated carbocycles. The van der Waals surface area contributed by atoms with Crippen molar-refractivity contribution in [1.82, 2.24) is 25.2 Å². The summed E-state index contributed by atoms with van der Waals surface area (Å²) in [6.45, 7) is 7.48. The number of fused-ring (bicyclic) bond motifs is 2. The van der Waals surface area contributed by atoms with E-state index in [0.29, 0.717) is 29.6 Å². The van der Waals surface area contributed by atoms with E-state index in [-0.39, 0.29) is 35.7 Å². The summed E-state index contributed by atoms with van der Waals surface area (Å²) in [5.41, 5.74) is 3.85. The van der Waals surface area contributed by atoms with Crippen molar-refractivity contribution in [2.24, 2.45) is 0 Å². The van der Waals surface area contributed by atoms with E-state index in [9.17, 15) is 18.8 Å². The maximum absolute atomic E-state index is 13.7. The summed E-state index contributed by atoms with van der Waals surface area (Å²) in [5.74, 6) is -1.73. The number of amides is 2. The van der Waals surface area contributed by atoms with Gasteiger partial charge in [-0.25, -0.2) is 18.7 Å². The average Bonchev–Trinajstić information content (AvgIpc) is 3.58. The minimum Gasteiger partial charge on any atom is -0.494 e. The molecule has 1 aliphatic carbocycles. The van der Waals surface area contributed by atoms with Gasteiger partial charge in [0.25, 0.3) is 11.8 Å². The zero-order valence-electron chi connectivity index (χ0n) is 24.1. The van der Waals surface area contributed by atoms with E-state index in [1.807, 2.05) is 33.8 Å². The third-order valence-electron chi connectivity index (χ3n) is 7.11. The van der Waals surface area contributed by atoms with Gasteiger partial charge in [0.1, 0.15) is 17.0 Å². The van der Waals surface area contributed by atoms with Crippen molar-refractivity contribution in [3.63, 3.8) is 0 Å². The second-order valence-corrected chi connectivity index (χ2v) is 11.2. The molecule has 2 N–H and O–H groups in total. The van der Waals surface area contributed by atoms with Gasteiger partial charge in [0.15, 0.2) is 17.2 Å². The number of hydrogen-bond donors (Lipinski definition) is 2. The largest absolute Gasteiger partial charge is 0.494 e. The van der Waals surface area contributed by atoms with Crippen molar-refractivity contribution in [2.75, 3.05) is 7.11 Å². The van der Waals surface area contributed by atoms with Crippen LogP contribution in [0.25, 0.3) is 5.65 Å². The number of methoxy groups -OCH3 is 1. The van der Waals surface area contributed by atoms with Gasteiger partial charge in [-0.2, -0.15) is 5.10 Å². The highest BCUT2D eigenvalue weighted by atomic mass is 19.1. The topological polar surface area (TPSA) is 124 Å². The van der Waals surface area contributed by atoms with Gasteiger partial charge >= 0.3 is 5.97 Å². The Hall–Kier alpha value is -4.80. The van der Waals surface area contributed by atoms with Crippen LogP contribution in [0.1, 0.15) is 86.8 Å². The average molecular weight is 574 g/mol. The van der Waals surface area contributed by atoms with E-state index >= 15 is 0 Å². The van der Waals surface area contributed by atoms with Crippen molar-refractivity contribution in [1.29, 1.82) is 0 Å². The molecule has 42 heavy (non-hydrogen) atoms. The maximum atomic E-state index is 13.7. The van der Waals surface area contributed by atoms with Crippen LogP contribution in [0.3, 0.4) is 0 Å². The van der Waals surface area contributed by atoms with Crippen molar-refractivity contribution >= 4 is 23.4 Å². The van der Waals surface area contributed by atoms with Gasteiger partial charge in [0, 0.05) is 18.7 Å². The molecule has 218 valence electrons. The van der Waals surface area contributed by atoms with Crippen LogP contribution in [-0.4, -0.2) is 45.1 Å². The van der Waals surface area contributed by atoms with Gasteiger partial charge in [-0.05, 0) is 81.0 Å². The lowest BCUT2D eigenvalue weighted by Gasteiger charge is -2.21. The summed E-state index contributed by atoms with van der Waals surface area (Å²) < 4.78 is 25.7. The lowest BCUT2D eigenvalue weighted by molar-refractivity contribution is 0.00683. The Morgan fingerprint density at radius 1 is 1.10 bits per heavy atom. The number of carbonyl (C=O) groups excluding carboxylic acids is 3. The normalized spacial score (nSPS) is 14.4. The molecule has 1 aliphatic rings. The molecule has 0 saturated heterocycles. The quantitative estimate of drug-likeness (QED) is 0.312. The Kier molecular flexibility index (Phi) is 7.68. The van der Waals surface area contributed by atoms with Gasteiger partial charge in [-0.15, -0.1) is 0 Å². The summed E-state index contributed by atoms with van der Waals surface area (Å²) in [7, 11) is 1.37. The fraction of sp³-hybridized carbons (Fsp3) is 0.323. The van der Waals surface area contributed by atoms with Crippen LogP contribution in [0.2, 0.25) is 0 Å². The second-order valence-electron chi connectivity index (χ2n) is 11.2. The molecule has 2 amide bonds. The molecular formula is C31H32FN5O5. The summed E-state index contributed by atoms with van der Waals surface area (Å²) in [6.07, 6.45) is 2.84. The highest BCUT2D eigenvalue weighted by molar-refractivity contribution is 5.98. The molecule has 0 unspecified atom stereocenters. The Morgan fingerprint density at radius 2 is 1.88 bits per heavy atom. The number of esters is 1. The summed E-state index contributed by atoms with van der Waals surface area (Å²) in [4.78, 5) is 43.6. The number of ether oxygens (including phenoxy) is 2. The Bertz CT molecular complexity index is 1710. The van der Waals surface area contributed by atoms with Crippen LogP contribution >= 0.6 is 0 Å². The third-order valence-corrected chi connectivity index (χ3v) is 7.11. The number of rotatable bonds is 7. The minimum atomic E-state index is -0.605. The fourth-order valence-electron chi connectivity index (χ4n) is 5.09. The molecule has 0 aliphatic heterocycles. The highest BCUT2D eigenvalue weighted by Gasteiger charge is 2.30. The molecular weight excluding hydrogens is 541 g/mol. The van der Waals surface area contributed by atoms with Crippen LogP contribution in [0, 0.1) is 12.7 Å². The van der Waals surface area contributed by atoms with Crippen LogP contribution in [0.15, 0.2) is 48.7 Å². The number of halogens is 1. The van der Waals surface area contributed by atoms with E-state index in [1.165, 1.54) is 36.0 Å². The number of carbonyl (C=O) groups is 3. The smallest absolute Gasteiger partial charge is 0.338 e. The summed E-state index contributed by atoms with van der Waals surface area (Å²) >= 11 is 0. The zero-order valence-corrected chi connectivity index (χ0v) is 24.1. The zero-order chi connectivity index (χ0) is 30.2. The summed E-state index contributed by atoms with van der Waals surface area (Å²) in [6, 6.07) is 10.6. The third kappa shape index (κ3) is 5.81. The first-order valence-electron chi connectivity index (χ1n) is 13.6. The van der Waals surface area contributed by atoms with Crippen molar-refractivity contribution in [3.8, 4) is 5.75 Å². The van der Waals surface area contributed by atoms with Crippen molar-refractivity contribution in [2.45, 2.75) is 58.7 Å². The first kappa shape index (κ1) is 28.7. The van der Waals surface area contributed by atoms with Gasteiger partial charge < -0.3 is 20.1 Å². The van der Waals surface area contributed by atoms with Crippen molar-refractivity contribution < 1.29 is 28.2 Å². The standard InChI is InChI=1S/C31H32FN5O5/c1-17-19-9-11-23(21(19)8-7-20(17)30(40)42-31(2,3)4)36-29(39)25-15-24(35-27-12-13-34-37(25)27)28(38)33-16-18-6-10-22(32)26(14-18)41-5/h6-8,10,12-15,23H,9,11,16H2,1-5H3,(H,33,38)(H,36,39)/t23-/m0/s1. The molecule has 0 fully saturated rings. The van der Waals surface area contributed by atoms with Gasteiger partial charge in [-0.1, -0.05) is 12.1 Å². The van der Waals surface area contributed by atoms with E-state index in [2.05, 4.69) is 20.7 Å². The molecule has 1 atom stereocenters. The predicted molar refractivity (Wildman–Crippen MR) is 152 cm³/mol. The Balaban J connectivity index is 1.34. The molecule has 11 heteroatoms. The fourth-order valence-corrected chi connectivity index (χ4v) is 5.09. The SMILES string of the molecule is COc1cc(CNC(=O)c2cc(C(=O)N[C@H]3CCc4c3ccc(C(=O)OC(C)(C)C)c4C)n3nccc3n2)ccc1F. The Morgan fingerprint density at radius 3 is 2.62 bits per heavy atom. The Labute approximate surface area is 242 Å². The van der Waals surface area contributed by atoms with Gasteiger partial charge in [0.2, 0.25) is 0 Å². The lowest BCUT2D eigenvalue weighted by Crippen LogP contribution is -2.30. The minimum absolute atomic E-state index is 0.0342. The molecule has 2 heterocycles. The number of benzene rings is 2. The van der Waals surface area contributed by atoms with Gasteiger partial charge in [-0.3, -0.25) is 9.59 Å². The first-order chi connectivity index (χ1) is 19.9. The number of nitrogens with one attached hydrogen (secondary N) is 2. The van der Waals surface area contributed by atoms with Crippen molar-refractivity contribution in [3.05, 3.63) is 93.7 Å². The molecule has 4 aromatic rings. The number of aromatic nitrogens is 3. The number of nitrogens with zero attached hydrogens (tertiary/aromatic N) is 3. The molecule has 0 spiro atoms. The molecule has 0 bridgehead atoms. The van der Waals surface area contributed by atoms with E-state index in [0.717, 1.165) is 16.7 Å². The van der Waals surface area contributed by atoms with Crippen LogP contribution in [0.5, 0.6) is 5.75 Å². The van der Waals surface area contributed by atoms with Crippen LogP contribution < -0.4 is 15.4 Å². The predicted octanol–water partition coefficient (Wildman–Crippen LogP) is 4.49.